The highest BCUT2D eigenvalue weighted by atomic mass is 16.4. The van der Waals surface area contributed by atoms with E-state index < -0.39 is 70.5 Å². The number of amides is 1. The predicted octanol–water partition coefficient (Wildman–Crippen LogP) is -1.17. The van der Waals surface area contributed by atoms with E-state index in [2.05, 4.69) is 0 Å². The van der Waals surface area contributed by atoms with Crippen LogP contribution in [0.3, 0.4) is 0 Å². The fourth-order valence-electron chi connectivity index (χ4n) is 5.80. The van der Waals surface area contributed by atoms with Gasteiger partial charge in [0.1, 0.15) is 17.4 Å². The monoisotopic (exact) mass is 460 g/mol. The van der Waals surface area contributed by atoms with E-state index in [9.17, 15) is 44.7 Å². The van der Waals surface area contributed by atoms with E-state index in [1.807, 2.05) is 0 Å². The maximum Gasteiger partial charge on any atom is 0.335 e. The number of carboxylic acids is 1. The number of phenolic OH excluding ortho intramolecular Hbond substituents is 1. The third kappa shape index (κ3) is 2.93. The number of carbonyl (C=O) groups excluding carboxylic acids is 3. The fraction of sp³-hybridized carbons (Fsp3) is 0.455. The normalized spacial score (nSPS) is 33.4. The van der Waals surface area contributed by atoms with Crippen LogP contribution in [-0.2, 0) is 20.8 Å². The van der Waals surface area contributed by atoms with E-state index in [-0.39, 0.29) is 35.1 Å². The summed E-state index contributed by atoms with van der Waals surface area (Å²) in [6.45, 7) is 0. The van der Waals surface area contributed by atoms with Crippen molar-refractivity contribution in [3.8, 4) is 5.75 Å². The number of rotatable bonds is 3. The maximum absolute atomic E-state index is 13.6. The number of nitrogens with zero attached hydrogens (tertiary/aromatic N) is 1. The lowest BCUT2D eigenvalue weighted by atomic mass is 9.54. The van der Waals surface area contributed by atoms with Gasteiger partial charge in [0.25, 0.3) is 0 Å². The molecule has 4 rings (SSSR count). The Labute approximate surface area is 187 Å². The minimum atomic E-state index is -2.74. The molecule has 1 amide bonds. The summed E-state index contributed by atoms with van der Waals surface area (Å²) in [7, 11) is 3.10. The summed E-state index contributed by atoms with van der Waals surface area (Å²) in [6, 6.07) is 1.24. The molecule has 2 fully saturated rings. The van der Waals surface area contributed by atoms with Crippen LogP contribution in [0.4, 0.5) is 0 Å². The van der Waals surface area contributed by atoms with Gasteiger partial charge in [-0.3, -0.25) is 14.4 Å². The number of nitrogens with two attached hydrogens (primary N) is 1. The van der Waals surface area contributed by atoms with Crippen molar-refractivity contribution in [3.05, 3.63) is 34.4 Å². The number of fused-ring (bicyclic) bond motifs is 3. The highest BCUT2D eigenvalue weighted by molar-refractivity contribution is 6.25. The minimum absolute atomic E-state index is 0.0627. The van der Waals surface area contributed by atoms with E-state index in [4.69, 9.17) is 5.73 Å². The molecule has 0 saturated heterocycles. The molecule has 2 saturated carbocycles. The Morgan fingerprint density at radius 3 is 2.36 bits per heavy atom. The number of primary amides is 1. The molecule has 1 aromatic rings. The smallest absolute Gasteiger partial charge is 0.335 e. The van der Waals surface area contributed by atoms with Gasteiger partial charge < -0.3 is 36.2 Å². The zero-order valence-corrected chi connectivity index (χ0v) is 17.8. The molecule has 0 heterocycles. The Morgan fingerprint density at radius 1 is 1.18 bits per heavy atom. The van der Waals surface area contributed by atoms with Crippen LogP contribution in [0.2, 0.25) is 0 Å². The number of carbonyl (C=O) groups is 4. The number of aliphatic hydroxyl groups excluding tert-OH is 2. The van der Waals surface area contributed by atoms with Crippen molar-refractivity contribution in [2.24, 2.45) is 23.5 Å². The second-order valence-electron chi connectivity index (χ2n) is 9.08. The Bertz CT molecular complexity index is 1140. The molecule has 0 bridgehead atoms. The van der Waals surface area contributed by atoms with Crippen LogP contribution in [0.1, 0.15) is 27.9 Å². The lowest BCUT2D eigenvalue weighted by Gasteiger charge is -2.53. The molecule has 7 N–H and O–H groups in total. The van der Waals surface area contributed by atoms with E-state index in [0.29, 0.717) is 0 Å². The van der Waals surface area contributed by atoms with Gasteiger partial charge in [-0.05, 0) is 50.6 Å². The molecule has 11 nitrogen and oxygen atoms in total. The maximum atomic E-state index is 13.6. The van der Waals surface area contributed by atoms with Crippen LogP contribution in [0.25, 0.3) is 5.76 Å². The number of Topliss-reactive ketones (excluding diaryl/α,β-unsaturated/α-hetero) is 2. The second-order valence-corrected chi connectivity index (χ2v) is 9.08. The molecule has 0 radical (unpaired) electrons. The van der Waals surface area contributed by atoms with Crippen molar-refractivity contribution in [1.82, 2.24) is 4.90 Å². The third-order valence-corrected chi connectivity index (χ3v) is 7.20. The van der Waals surface area contributed by atoms with Gasteiger partial charge >= 0.3 is 5.97 Å². The van der Waals surface area contributed by atoms with Gasteiger partial charge in [0.2, 0.25) is 11.7 Å². The van der Waals surface area contributed by atoms with E-state index in [0.717, 1.165) is 6.07 Å². The van der Waals surface area contributed by atoms with Crippen LogP contribution in [-0.4, -0.2) is 85.7 Å². The number of benzene rings is 1. The van der Waals surface area contributed by atoms with Crippen molar-refractivity contribution in [2.75, 3.05) is 14.1 Å². The standard InChI is InChI=1S/C22H24N2O9/c1-24(2)15-10-6-7-5-9-8(21(31)32)3-4-11(25)13(9)16(26)12(7)18(28)22(10,33)19(29)14(17(15)27)20(23)30/h3-4,7,10,14-15,17,25-27,33H,5-6H2,1-2H3,(H2,23,30)(H,31,32)/t7-,10-,14?,15?,17?,22-/m1/s1. The third-order valence-electron chi connectivity index (χ3n) is 7.20. The summed E-state index contributed by atoms with van der Waals surface area (Å²) in [5, 5.41) is 53.0. The van der Waals surface area contributed by atoms with Crippen molar-refractivity contribution >= 4 is 29.2 Å². The topological polar surface area (TPSA) is 199 Å². The van der Waals surface area contributed by atoms with E-state index in [1.54, 1.807) is 14.1 Å². The number of hydrogen-bond donors (Lipinski definition) is 6. The largest absolute Gasteiger partial charge is 0.507 e. The highest BCUT2D eigenvalue weighted by Gasteiger charge is 2.67. The molecule has 11 heteroatoms. The van der Waals surface area contributed by atoms with Crippen molar-refractivity contribution in [2.45, 2.75) is 30.6 Å². The number of aromatic hydroxyl groups is 1. The highest BCUT2D eigenvalue weighted by Crippen LogP contribution is 2.52. The molecular formula is C22H24N2O9. The summed E-state index contributed by atoms with van der Waals surface area (Å²) in [4.78, 5) is 51.9. The van der Waals surface area contributed by atoms with Crippen LogP contribution in [0.15, 0.2) is 17.7 Å². The molecule has 176 valence electrons. The van der Waals surface area contributed by atoms with Gasteiger partial charge in [0.05, 0.1) is 17.2 Å². The van der Waals surface area contributed by atoms with Gasteiger partial charge in [-0.15, -0.1) is 0 Å². The number of likely N-dealkylation sites (N-methyl/N-ethyl adjacent to an activating group) is 1. The van der Waals surface area contributed by atoms with Crippen LogP contribution < -0.4 is 5.73 Å². The lowest BCUT2D eigenvalue weighted by Crippen LogP contribution is -2.73. The summed E-state index contributed by atoms with van der Waals surface area (Å²) in [5.74, 6) is -9.89. The number of hydrogen-bond acceptors (Lipinski definition) is 9. The molecule has 3 aliphatic rings. The van der Waals surface area contributed by atoms with Crippen molar-refractivity contribution < 1.29 is 44.7 Å². The van der Waals surface area contributed by atoms with Gasteiger partial charge in [-0.25, -0.2) is 4.79 Å². The summed E-state index contributed by atoms with van der Waals surface area (Å²) < 4.78 is 0. The molecule has 0 aromatic heterocycles. The number of aromatic carboxylic acids is 1. The molecule has 33 heavy (non-hydrogen) atoms. The molecular weight excluding hydrogens is 436 g/mol. The number of carboxylic acid groups (broad SMARTS) is 1. The van der Waals surface area contributed by atoms with E-state index in [1.165, 1.54) is 11.0 Å². The van der Waals surface area contributed by atoms with Gasteiger partial charge in [-0.1, -0.05) is 0 Å². The Morgan fingerprint density at radius 2 is 1.82 bits per heavy atom. The number of ketones is 2. The molecule has 1 aromatic carbocycles. The minimum Gasteiger partial charge on any atom is -0.507 e. The van der Waals surface area contributed by atoms with Crippen LogP contribution in [0.5, 0.6) is 5.75 Å². The van der Waals surface area contributed by atoms with Crippen molar-refractivity contribution in [1.29, 1.82) is 0 Å². The first-order valence-electron chi connectivity index (χ1n) is 10.3. The first-order valence-corrected chi connectivity index (χ1v) is 10.3. The fourth-order valence-corrected chi connectivity index (χ4v) is 5.80. The SMILES string of the molecule is CN(C)C1C(O)C(C(N)=O)C(=O)[C@]2(O)C(=O)C3=C(O)c4c(O)ccc(C(=O)O)c4C[C@@H]3C[C@H]12. The molecule has 6 atom stereocenters. The molecule has 3 unspecified atom stereocenters. The van der Waals surface area contributed by atoms with Crippen LogP contribution >= 0.6 is 0 Å². The quantitative estimate of drug-likeness (QED) is 0.299. The van der Waals surface area contributed by atoms with Crippen LogP contribution in [0, 0.1) is 17.8 Å². The van der Waals surface area contributed by atoms with Gasteiger partial charge in [0.15, 0.2) is 11.4 Å². The first kappa shape index (κ1) is 22.9. The zero-order valence-electron chi connectivity index (χ0n) is 17.8. The summed E-state index contributed by atoms with van der Waals surface area (Å²) >= 11 is 0. The average molecular weight is 460 g/mol. The van der Waals surface area contributed by atoms with Crippen molar-refractivity contribution in [3.63, 3.8) is 0 Å². The predicted molar refractivity (Wildman–Crippen MR) is 111 cm³/mol. The Hall–Kier alpha value is -3.28. The summed E-state index contributed by atoms with van der Waals surface area (Å²) in [6.07, 6.45) is -1.73. The van der Waals surface area contributed by atoms with E-state index >= 15 is 0 Å². The zero-order chi connectivity index (χ0) is 24.6. The molecule has 0 aliphatic heterocycles. The Kier molecular flexibility index (Phi) is 5.11. The summed E-state index contributed by atoms with van der Waals surface area (Å²) in [5.41, 5.74) is 1.93. The van der Waals surface area contributed by atoms with Gasteiger partial charge in [0, 0.05) is 17.5 Å². The first-order chi connectivity index (χ1) is 15.3. The lowest BCUT2D eigenvalue weighted by molar-refractivity contribution is -0.184. The molecule has 0 spiro atoms. The van der Waals surface area contributed by atoms with Gasteiger partial charge in [-0.2, -0.15) is 0 Å². The number of aliphatic hydroxyl groups is 3. The Balaban J connectivity index is 1.95. The number of phenols is 1. The second kappa shape index (κ2) is 7.37. The average Bonchev–Trinajstić information content (AvgIpc) is 2.70. The molecule has 3 aliphatic carbocycles.